The maximum atomic E-state index is 11.8. The van der Waals surface area contributed by atoms with E-state index in [1.807, 2.05) is 37.3 Å². The summed E-state index contributed by atoms with van der Waals surface area (Å²) in [5.41, 5.74) is 8.87. The van der Waals surface area contributed by atoms with Crippen LogP contribution in [-0.4, -0.2) is 48.2 Å². The van der Waals surface area contributed by atoms with Crippen molar-refractivity contribution < 1.29 is 9.53 Å². The first-order valence-corrected chi connectivity index (χ1v) is 9.00. The van der Waals surface area contributed by atoms with Gasteiger partial charge in [-0.15, -0.1) is 0 Å². The van der Waals surface area contributed by atoms with E-state index in [1.165, 1.54) is 0 Å². The summed E-state index contributed by atoms with van der Waals surface area (Å²) in [4.78, 5) is 14.2. The predicted octanol–water partition coefficient (Wildman–Crippen LogP) is 2.94. The Labute approximate surface area is 153 Å². The Balaban J connectivity index is 1.83. The highest BCUT2D eigenvalue weighted by molar-refractivity contribution is 6.33. The van der Waals surface area contributed by atoms with Gasteiger partial charge in [-0.3, -0.25) is 9.69 Å². The van der Waals surface area contributed by atoms with Crippen LogP contribution in [-0.2, 0) is 11.3 Å². The number of carbonyl (C=O) groups is 1. The van der Waals surface area contributed by atoms with E-state index < -0.39 is 5.91 Å². The molecule has 25 heavy (non-hydrogen) atoms. The number of ether oxygens (including phenoxy) is 1. The smallest absolute Gasteiger partial charge is 0.250 e. The summed E-state index contributed by atoms with van der Waals surface area (Å²) in [6.45, 7) is 7.34. The van der Waals surface area contributed by atoms with Crippen LogP contribution in [0.5, 0.6) is 0 Å². The molecule has 1 aromatic carbocycles. The van der Waals surface area contributed by atoms with Gasteiger partial charge >= 0.3 is 0 Å². The molecule has 0 unspecified atom stereocenters. The third-order valence-electron chi connectivity index (χ3n) is 4.74. The van der Waals surface area contributed by atoms with Crippen molar-refractivity contribution in [1.29, 1.82) is 0 Å². The zero-order valence-corrected chi connectivity index (χ0v) is 15.3. The quantitative estimate of drug-likeness (QED) is 0.860. The van der Waals surface area contributed by atoms with Gasteiger partial charge in [-0.2, -0.15) is 0 Å². The van der Waals surface area contributed by atoms with Gasteiger partial charge in [-0.1, -0.05) is 29.8 Å². The number of rotatable bonds is 6. The normalized spacial score (nSPS) is 15.4. The van der Waals surface area contributed by atoms with Crippen molar-refractivity contribution in [3.8, 4) is 11.3 Å². The second-order valence-electron chi connectivity index (χ2n) is 6.33. The highest BCUT2D eigenvalue weighted by atomic mass is 35.5. The maximum absolute atomic E-state index is 11.8. The lowest BCUT2D eigenvalue weighted by Crippen LogP contribution is -2.37. The van der Waals surface area contributed by atoms with Crippen LogP contribution in [0.2, 0.25) is 5.02 Å². The van der Waals surface area contributed by atoms with Gasteiger partial charge in [0.1, 0.15) is 0 Å². The topological polar surface area (TPSA) is 60.5 Å². The van der Waals surface area contributed by atoms with Crippen molar-refractivity contribution in [1.82, 2.24) is 9.47 Å². The van der Waals surface area contributed by atoms with Crippen LogP contribution in [0.15, 0.2) is 30.3 Å². The first-order valence-electron chi connectivity index (χ1n) is 8.63. The molecule has 1 aliphatic heterocycles. The zero-order chi connectivity index (χ0) is 17.8. The number of nitrogens with two attached hydrogens (primary N) is 1. The Morgan fingerprint density at radius 1 is 1.24 bits per heavy atom. The van der Waals surface area contributed by atoms with Crippen molar-refractivity contribution >= 4 is 17.5 Å². The summed E-state index contributed by atoms with van der Waals surface area (Å²) >= 11 is 6.38. The minimum Gasteiger partial charge on any atom is -0.379 e. The Bertz CT molecular complexity index is 751. The van der Waals surface area contributed by atoms with Gasteiger partial charge in [0.15, 0.2) is 0 Å². The van der Waals surface area contributed by atoms with Crippen molar-refractivity contribution in [2.75, 3.05) is 32.8 Å². The zero-order valence-electron chi connectivity index (χ0n) is 14.5. The van der Waals surface area contributed by atoms with Crippen LogP contribution in [0.3, 0.4) is 0 Å². The lowest BCUT2D eigenvalue weighted by atomic mass is 10.1. The number of halogens is 1. The molecule has 1 saturated heterocycles. The molecule has 1 aliphatic rings. The number of carbonyl (C=O) groups excluding carboxylic acids is 1. The molecule has 1 fully saturated rings. The summed E-state index contributed by atoms with van der Waals surface area (Å²) in [5.74, 6) is -0.405. The van der Waals surface area contributed by atoms with Gasteiger partial charge in [0.2, 0.25) is 0 Å². The molecule has 2 aromatic rings. The average molecular weight is 362 g/mol. The summed E-state index contributed by atoms with van der Waals surface area (Å²) in [7, 11) is 0. The summed E-state index contributed by atoms with van der Waals surface area (Å²) in [6.07, 6.45) is 0.991. The first-order chi connectivity index (χ1) is 12.1. The van der Waals surface area contributed by atoms with Gasteiger partial charge < -0.3 is 15.0 Å². The van der Waals surface area contributed by atoms with Crippen LogP contribution >= 0.6 is 11.6 Å². The Hall–Kier alpha value is -1.82. The number of nitrogens with zero attached hydrogens (tertiary/aromatic N) is 2. The molecule has 1 amide bonds. The van der Waals surface area contributed by atoms with Gasteiger partial charge in [-0.25, -0.2) is 0 Å². The summed E-state index contributed by atoms with van der Waals surface area (Å²) < 4.78 is 7.54. The van der Waals surface area contributed by atoms with Crippen molar-refractivity contribution in [2.24, 2.45) is 5.73 Å². The molecule has 2 heterocycles. The Morgan fingerprint density at radius 3 is 2.64 bits per heavy atom. The second kappa shape index (κ2) is 8.04. The van der Waals surface area contributed by atoms with Crippen LogP contribution < -0.4 is 5.73 Å². The summed E-state index contributed by atoms with van der Waals surface area (Å²) in [5, 5.41) is 0.672. The second-order valence-corrected chi connectivity index (χ2v) is 6.74. The largest absolute Gasteiger partial charge is 0.379 e. The summed E-state index contributed by atoms with van der Waals surface area (Å²) in [6, 6.07) is 9.54. The van der Waals surface area contributed by atoms with E-state index in [0.29, 0.717) is 10.6 Å². The fraction of sp³-hybridized carbons (Fsp3) is 0.421. The molecule has 0 bridgehead atoms. The van der Waals surface area contributed by atoms with E-state index in [-0.39, 0.29) is 0 Å². The lowest BCUT2D eigenvalue weighted by Gasteiger charge is -2.26. The van der Waals surface area contributed by atoms with E-state index in [1.54, 1.807) is 0 Å². The standard InChI is InChI=1S/C19H24ClN3O2/c1-14-16(19(21)24)13-18(15-5-2-3-6-17(15)20)23(14)8-4-7-22-9-11-25-12-10-22/h2-3,5-6,13H,4,7-12H2,1H3,(H2,21,24). The number of aromatic nitrogens is 1. The van der Waals surface area contributed by atoms with Crippen LogP contribution in [0, 0.1) is 6.92 Å². The number of amides is 1. The molecule has 0 aliphatic carbocycles. The molecular formula is C19H24ClN3O2. The highest BCUT2D eigenvalue weighted by Gasteiger charge is 2.18. The first kappa shape index (κ1) is 18.0. The molecule has 0 spiro atoms. The van der Waals surface area contributed by atoms with Crippen molar-refractivity contribution in [3.63, 3.8) is 0 Å². The third-order valence-corrected chi connectivity index (χ3v) is 5.07. The lowest BCUT2D eigenvalue weighted by molar-refractivity contribution is 0.0369. The highest BCUT2D eigenvalue weighted by Crippen LogP contribution is 2.31. The fourth-order valence-electron chi connectivity index (χ4n) is 3.35. The van der Waals surface area contributed by atoms with Crippen LogP contribution in [0.4, 0.5) is 0 Å². The number of benzene rings is 1. The van der Waals surface area contributed by atoms with Gasteiger partial charge in [-0.05, 0) is 25.5 Å². The molecule has 1 aromatic heterocycles. The number of hydrogen-bond acceptors (Lipinski definition) is 3. The SMILES string of the molecule is Cc1c(C(N)=O)cc(-c2ccccc2Cl)n1CCCN1CCOCC1. The van der Waals surface area contributed by atoms with Crippen molar-refractivity contribution in [3.05, 3.63) is 46.6 Å². The molecule has 0 radical (unpaired) electrons. The third kappa shape index (κ3) is 4.06. The maximum Gasteiger partial charge on any atom is 0.250 e. The van der Waals surface area contributed by atoms with Crippen molar-refractivity contribution in [2.45, 2.75) is 19.9 Å². The van der Waals surface area contributed by atoms with E-state index in [2.05, 4.69) is 9.47 Å². The number of hydrogen-bond donors (Lipinski definition) is 1. The minimum atomic E-state index is -0.405. The molecule has 5 nitrogen and oxygen atoms in total. The van der Waals surface area contributed by atoms with Crippen LogP contribution in [0.25, 0.3) is 11.3 Å². The fourth-order valence-corrected chi connectivity index (χ4v) is 3.58. The van der Waals surface area contributed by atoms with E-state index >= 15 is 0 Å². The Kier molecular flexibility index (Phi) is 5.78. The van der Waals surface area contributed by atoms with Gasteiger partial charge in [0, 0.05) is 42.5 Å². The monoisotopic (exact) mass is 361 g/mol. The van der Waals surface area contributed by atoms with E-state index in [0.717, 1.165) is 62.8 Å². The molecule has 2 N–H and O–H groups in total. The van der Waals surface area contributed by atoms with Gasteiger partial charge in [0.25, 0.3) is 5.91 Å². The molecule has 134 valence electrons. The molecular weight excluding hydrogens is 338 g/mol. The van der Waals surface area contributed by atoms with E-state index in [4.69, 9.17) is 22.1 Å². The molecule has 0 saturated carbocycles. The number of morpholine rings is 1. The van der Waals surface area contributed by atoms with E-state index in [9.17, 15) is 4.79 Å². The molecule has 0 atom stereocenters. The van der Waals surface area contributed by atoms with Crippen LogP contribution in [0.1, 0.15) is 22.5 Å². The van der Waals surface area contributed by atoms with Gasteiger partial charge in [0.05, 0.1) is 24.5 Å². The minimum absolute atomic E-state index is 0.405. The predicted molar refractivity (Wildman–Crippen MR) is 100 cm³/mol. The molecule has 6 heteroatoms. The molecule has 3 rings (SSSR count). The average Bonchev–Trinajstić information content (AvgIpc) is 2.93. The number of primary amides is 1. The Morgan fingerprint density at radius 2 is 1.96 bits per heavy atom.